The van der Waals surface area contributed by atoms with Gasteiger partial charge >= 0.3 is 6.61 Å². The SMILES string of the molecule is CC1CC(Nc2cc(Br)cnc2OC(F)F)CC(c2ccccc2)C1. The Morgan fingerprint density at radius 3 is 2.68 bits per heavy atom. The molecule has 3 atom stereocenters. The Morgan fingerprint density at radius 1 is 1.20 bits per heavy atom. The van der Waals surface area contributed by atoms with Crippen LogP contribution in [0, 0.1) is 5.92 Å². The van der Waals surface area contributed by atoms with Crippen LogP contribution in [0.4, 0.5) is 14.5 Å². The summed E-state index contributed by atoms with van der Waals surface area (Å²) in [7, 11) is 0. The van der Waals surface area contributed by atoms with Gasteiger partial charge in [-0.25, -0.2) is 4.98 Å². The molecule has 134 valence electrons. The van der Waals surface area contributed by atoms with E-state index in [1.165, 1.54) is 11.8 Å². The molecule has 0 bridgehead atoms. The summed E-state index contributed by atoms with van der Waals surface area (Å²) >= 11 is 3.34. The minimum Gasteiger partial charge on any atom is -0.415 e. The van der Waals surface area contributed by atoms with E-state index in [0.717, 1.165) is 23.7 Å². The molecule has 1 aromatic heterocycles. The van der Waals surface area contributed by atoms with E-state index < -0.39 is 6.61 Å². The first kappa shape index (κ1) is 18.1. The maximum atomic E-state index is 12.6. The van der Waals surface area contributed by atoms with Crippen LogP contribution in [0.3, 0.4) is 0 Å². The van der Waals surface area contributed by atoms with Crippen LogP contribution in [0.2, 0.25) is 0 Å². The smallest absolute Gasteiger partial charge is 0.388 e. The predicted molar refractivity (Wildman–Crippen MR) is 98.2 cm³/mol. The molecule has 3 unspecified atom stereocenters. The van der Waals surface area contributed by atoms with Crippen molar-refractivity contribution in [2.45, 2.75) is 44.8 Å². The lowest BCUT2D eigenvalue weighted by Crippen LogP contribution is -2.30. The molecule has 0 amide bonds. The number of nitrogens with one attached hydrogen (secondary N) is 1. The first-order valence-corrected chi connectivity index (χ1v) is 9.22. The Labute approximate surface area is 154 Å². The average molecular weight is 411 g/mol. The van der Waals surface area contributed by atoms with Gasteiger partial charge in [-0.15, -0.1) is 0 Å². The largest absolute Gasteiger partial charge is 0.415 e. The van der Waals surface area contributed by atoms with Crippen LogP contribution in [0.1, 0.15) is 37.7 Å². The number of anilines is 1. The molecule has 0 spiro atoms. The molecule has 3 nitrogen and oxygen atoms in total. The topological polar surface area (TPSA) is 34.2 Å². The second-order valence-corrected chi connectivity index (χ2v) is 7.56. The summed E-state index contributed by atoms with van der Waals surface area (Å²) in [6.07, 6.45) is 4.54. The second-order valence-electron chi connectivity index (χ2n) is 6.65. The third-order valence-electron chi connectivity index (χ3n) is 4.59. The van der Waals surface area contributed by atoms with Crippen molar-refractivity contribution in [2.24, 2.45) is 5.92 Å². The van der Waals surface area contributed by atoms with Gasteiger partial charge in [0.1, 0.15) is 0 Å². The zero-order valence-electron chi connectivity index (χ0n) is 14.0. The number of hydrogen-bond acceptors (Lipinski definition) is 3. The third-order valence-corrected chi connectivity index (χ3v) is 5.03. The minimum atomic E-state index is -2.89. The van der Waals surface area contributed by atoms with E-state index in [2.05, 4.69) is 62.2 Å². The van der Waals surface area contributed by atoms with E-state index in [1.807, 2.05) is 6.07 Å². The van der Waals surface area contributed by atoms with Gasteiger partial charge < -0.3 is 10.1 Å². The minimum absolute atomic E-state index is 0.0623. The highest BCUT2D eigenvalue weighted by atomic mass is 79.9. The number of alkyl halides is 2. The molecule has 1 fully saturated rings. The molecule has 6 heteroatoms. The average Bonchev–Trinajstić information content (AvgIpc) is 2.57. The molecule has 1 saturated carbocycles. The fourth-order valence-electron chi connectivity index (χ4n) is 3.65. The summed E-state index contributed by atoms with van der Waals surface area (Å²) in [6.45, 7) is -0.656. The Balaban J connectivity index is 1.77. The third kappa shape index (κ3) is 4.91. The molecular weight excluding hydrogens is 390 g/mol. The summed E-state index contributed by atoms with van der Waals surface area (Å²) in [5.41, 5.74) is 1.83. The number of ether oxygens (including phenoxy) is 1. The van der Waals surface area contributed by atoms with Crippen LogP contribution < -0.4 is 10.1 Å². The summed E-state index contributed by atoms with van der Waals surface area (Å²) in [6, 6.07) is 12.4. The van der Waals surface area contributed by atoms with Crippen molar-refractivity contribution >= 4 is 21.6 Å². The number of rotatable bonds is 5. The Morgan fingerprint density at radius 2 is 1.96 bits per heavy atom. The van der Waals surface area contributed by atoms with Gasteiger partial charge in [0.2, 0.25) is 5.88 Å². The maximum Gasteiger partial charge on any atom is 0.388 e. The zero-order valence-corrected chi connectivity index (χ0v) is 15.5. The summed E-state index contributed by atoms with van der Waals surface area (Å²) in [5, 5.41) is 3.37. The standard InChI is InChI=1S/C19H21BrF2N2O/c1-12-7-14(13-5-3-2-4-6-13)9-16(8-12)24-17-10-15(20)11-23-18(17)25-19(21)22/h2-6,10-12,14,16,19,24H,7-9H2,1H3. The fraction of sp³-hybridized carbons (Fsp3) is 0.421. The number of nitrogens with zero attached hydrogens (tertiary/aromatic N) is 1. The number of pyridine rings is 1. The molecule has 0 radical (unpaired) electrons. The van der Waals surface area contributed by atoms with Crippen LogP contribution in [0.5, 0.6) is 5.88 Å². The number of halogens is 3. The van der Waals surface area contributed by atoms with Crippen molar-refractivity contribution in [2.75, 3.05) is 5.32 Å². The van der Waals surface area contributed by atoms with Gasteiger partial charge in [0.25, 0.3) is 0 Å². The van der Waals surface area contributed by atoms with Gasteiger partial charge in [-0.2, -0.15) is 8.78 Å². The van der Waals surface area contributed by atoms with E-state index in [1.54, 1.807) is 6.07 Å². The van der Waals surface area contributed by atoms with Crippen molar-refractivity contribution in [3.05, 3.63) is 52.6 Å². The monoisotopic (exact) mass is 410 g/mol. The van der Waals surface area contributed by atoms with Gasteiger partial charge in [0.15, 0.2) is 0 Å². The Bertz CT molecular complexity index is 699. The lowest BCUT2D eigenvalue weighted by molar-refractivity contribution is -0.0523. The molecule has 0 saturated heterocycles. The fourth-order valence-corrected chi connectivity index (χ4v) is 3.98. The lowest BCUT2D eigenvalue weighted by atomic mass is 9.76. The summed E-state index contributed by atoms with van der Waals surface area (Å²) < 4.78 is 30.5. The Kier molecular flexibility index (Phi) is 5.89. The first-order chi connectivity index (χ1) is 12.0. The number of aromatic nitrogens is 1. The van der Waals surface area contributed by atoms with Crippen molar-refractivity contribution < 1.29 is 13.5 Å². The van der Waals surface area contributed by atoms with E-state index in [4.69, 9.17) is 0 Å². The van der Waals surface area contributed by atoms with E-state index in [9.17, 15) is 8.78 Å². The zero-order chi connectivity index (χ0) is 17.8. The molecule has 1 aliphatic rings. The highest BCUT2D eigenvalue weighted by molar-refractivity contribution is 9.10. The van der Waals surface area contributed by atoms with Gasteiger partial charge in [0.05, 0.1) is 5.69 Å². The second kappa shape index (κ2) is 8.13. The van der Waals surface area contributed by atoms with Gasteiger partial charge in [-0.1, -0.05) is 37.3 Å². The van der Waals surface area contributed by atoms with Crippen molar-refractivity contribution in [3.8, 4) is 5.88 Å². The van der Waals surface area contributed by atoms with Crippen LogP contribution in [0.15, 0.2) is 47.1 Å². The normalized spacial score (nSPS) is 23.5. The van der Waals surface area contributed by atoms with Gasteiger partial charge in [-0.05, 0) is 58.7 Å². The van der Waals surface area contributed by atoms with Crippen LogP contribution in [-0.2, 0) is 0 Å². The lowest BCUT2D eigenvalue weighted by Gasteiger charge is -2.35. The van der Waals surface area contributed by atoms with Crippen LogP contribution in [0.25, 0.3) is 0 Å². The van der Waals surface area contributed by atoms with Gasteiger partial charge in [0, 0.05) is 16.7 Å². The molecular formula is C19H21BrF2N2O. The van der Waals surface area contributed by atoms with Crippen LogP contribution >= 0.6 is 15.9 Å². The van der Waals surface area contributed by atoms with Crippen molar-refractivity contribution in [1.29, 1.82) is 0 Å². The predicted octanol–water partition coefficient (Wildman–Crippen LogP) is 5.83. The van der Waals surface area contributed by atoms with Crippen LogP contribution in [-0.4, -0.2) is 17.6 Å². The number of hydrogen-bond donors (Lipinski definition) is 1. The molecule has 1 heterocycles. The molecule has 2 aromatic rings. The first-order valence-electron chi connectivity index (χ1n) is 8.43. The highest BCUT2D eigenvalue weighted by Crippen LogP contribution is 2.38. The molecule has 1 N–H and O–H groups in total. The van der Waals surface area contributed by atoms with E-state index >= 15 is 0 Å². The van der Waals surface area contributed by atoms with Gasteiger partial charge in [-0.3, -0.25) is 0 Å². The molecule has 3 rings (SSSR count). The summed E-state index contributed by atoms with van der Waals surface area (Å²) in [5.74, 6) is 0.950. The molecule has 1 aromatic carbocycles. The van der Waals surface area contributed by atoms with E-state index in [0.29, 0.717) is 17.5 Å². The molecule has 1 aliphatic carbocycles. The quantitative estimate of drug-likeness (QED) is 0.672. The Hall–Kier alpha value is -1.69. The maximum absolute atomic E-state index is 12.6. The summed E-state index contributed by atoms with van der Waals surface area (Å²) in [4.78, 5) is 3.97. The van der Waals surface area contributed by atoms with Crippen molar-refractivity contribution in [1.82, 2.24) is 4.98 Å². The number of benzene rings is 1. The highest BCUT2D eigenvalue weighted by Gasteiger charge is 2.28. The molecule has 25 heavy (non-hydrogen) atoms. The van der Waals surface area contributed by atoms with Crippen molar-refractivity contribution in [3.63, 3.8) is 0 Å². The molecule has 0 aliphatic heterocycles. The van der Waals surface area contributed by atoms with E-state index in [-0.39, 0.29) is 11.9 Å².